The molecule has 31 rings (SSSR count). The Labute approximate surface area is 812 Å². The van der Waals surface area contributed by atoms with Gasteiger partial charge in [-0.15, -0.1) is 0 Å². The van der Waals surface area contributed by atoms with Crippen LogP contribution in [0.1, 0.15) is 52.7 Å². The van der Waals surface area contributed by atoms with E-state index in [1.165, 1.54) is 317 Å². The van der Waals surface area contributed by atoms with E-state index < -0.39 is 0 Å². The average Bonchev–Trinajstić information content (AvgIpc) is 1.50. The van der Waals surface area contributed by atoms with Gasteiger partial charge in [0.15, 0.2) is 0 Å². The first-order chi connectivity index (χ1) is 68.8. The zero-order valence-corrected chi connectivity index (χ0v) is 78.7. The summed E-state index contributed by atoms with van der Waals surface area (Å²) in [6.07, 6.45) is 0. The highest BCUT2D eigenvalue weighted by Crippen LogP contribution is 2.65. The van der Waals surface area contributed by atoms with Crippen LogP contribution in [0.25, 0.3) is 306 Å². The van der Waals surface area contributed by atoms with Crippen molar-refractivity contribution >= 4 is 162 Å². The zero-order valence-electron chi connectivity index (χ0n) is 78.7. The summed E-state index contributed by atoms with van der Waals surface area (Å²) in [5, 5.41) is 40.3. The molecule has 0 bridgehead atoms. The van der Waals surface area contributed by atoms with Gasteiger partial charge in [0.05, 0.1) is 0 Å². The Kier molecular flexibility index (Phi) is 17.3. The summed E-state index contributed by atoms with van der Waals surface area (Å²) in [7, 11) is 0. The molecule has 0 aromatic heterocycles. The van der Waals surface area contributed by atoms with E-state index in [9.17, 15) is 0 Å². The van der Waals surface area contributed by atoms with Crippen molar-refractivity contribution in [1.82, 2.24) is 0 Å². The summed E-state index contributed by atoms with van der Waals surface area (Å²) in [5.41, 5.74) is 37.0. The molecule has 0 radical (unpaired) electrons. The molecular formula is C140H92. The standard InChI is InChI=1S/C50H40.C48H28.C42H24/c1-49(2,3)32-25-31-26-33(50(4,5)6)28-41-37-22-24-39-46-38(23-21-36(45(37)46)40(27-32)42(31)41)47-43(29-15-9-7-10-16-29)34-19-13-14-20-35(34)44(48(39)47)30-17-11-8-12-18-30;1-4-13-29(14-5-1)32-23-24-37-39-26-28-41-46-40(27-25-38(45(39)46)36-22-12-21-33(32)44(36)37)47-42(30-15-6-2-7-16-30)34-19-10-11-20-35(34)43(48(41)47)31-17-8-3-9-18-31;1-3-11-26(12-4-1)37-30-17-7-8-18-31(30)38(27-13-5-2-6-14-27)42-35-24-22-33-29-20-10-16-25-15-9-19-28(36(25)29)32-21-23-34(41(37)42)40(35)39(32)33/h7-28H,1-6H3;1-28H;1-24H. The lowest BCUT2D eigenvalue weighted by molar-refractivity contribution is 0.590. The molecule has 0 N–H and O–H groups in total. The first-order valence-electron chi connectivity index (χ1n) is 49.5. The molecule has 0 unspecified atom stereocenters. The van der Waals surface area contributed by atoms with E-state index >= 15 is 0 Å². The van der Waals surface area contributed by atoms with Gasteiger partial charge in [0.1, 0.15) is 0 Å². The van der Waals surface area contributed by atoms with Crippen LogP contribution in [-0.2, 0) is 10.8 Å². The molecule has 0 heterocycles. The topological polar surface area (TPSA) is 0 Å². The summed E-state index contributed by atoms with van der Waals surface area (Å²) in [5.74, 6) is 0. The van der Waals surface area contributed by atoms with E-state index in [2.05, 4.69) is 490 Å². The van der Waals surface area contributed by atoms with Crippen LogP contribution in [0.4, 0.5) is 0 Å². The lowest BCUT2D eigenvalue weighted by Crippen LogP contribution is -2.12. The summed E-state index contributed by atoms with van der Waals surface area (Å²) < 4.78 is 0. The third-order valence-electron chi connectivity index (χ3n) is 31.7. The Morgan fingerprint density at radius 3 is 0.586 bits per heavy atom. The molecule has 28 aromatic carbocycles. The predicted octanol–water partition coefficient (Wildman–Crippen LogP) is 39.9. The van der Waals surface area contributed by atoms with Crippen LogP contribution in [-0.4, -0.2) is 0 Å². The summed E-state index contributed by atoms with van der Waals surface area (Å²) in [6.45, 7) is 14.1. The number of fused-ring (bicyclic) bond motifs is 18. The molecule has 3 aliphatic rings. The quantitative estimate of drug-likeness (QED) is 0.110. The zero-order chi connectivity index (χ0) is 92.8. The van der Waals surface area contributed by atoms with Gasteiger partial charge >= 0.3 is 0 Å². The fourth-order valence-corrected chi connectivity index (χ4v) is 25.8. The third kappa shape index (κ3) is 11.5. The molecule has 652 valence electrons. The van der Waals surface area contributed by atoms with Crippen LogP contribution in [0.5, 0.6) is 0 Å². The molecule has 0 nitrogen and oxygen atoms in total. The van der Waals surface area contributed by atoms with E-state index in [0.29, 0.717) is 0 Å². The number of benzene rings is 28. The van der Waals surface area contributed by atoms with Crippen LogP contribution >= 0.6 is 0 Å². The maximum absolute atomic E-state index is 2.50. The first kappa shape index (κ1) is 80.1. The predicted molar refractivity (Wildman–Crippen MR) is 604 cm³/mol. The highest BCUT2D eigenvalue weighted by molar-refractivity contribution is 6.44. The second-order valence-electron chi connectivity index (χ2n) is 41.2. The van der Waals surface area contributed by atoms with Gasteiger partial charge in [-0.2, -0.15) is 0 Å². The normalized spacial score (nSPS) is 12.5. The van der Waals surface area contributed by atoms with Crippen LogP contribution in [0.2, 0.25) is 0 Å². The highest BCUT2D eigenvalue weighted by atomic mass is 14.4. The monoisotopic (exact) mass is 1770 g/mol. The van der Waals surface area contributed by atoms with Crippen LogP contribution in [0, 0.1) is 0 Å². The summed E-state index contributed by atoms with van der Waals surface area (Å²) in [6, 6.07) is 168. The smallest absolute Gasteiger partial charge is 0.000740 e. The summed E-state index contributed by atoms with van der Waals surface area (Å²) >= 11 is 0. The average molecular weight is 1770 g/mol. The number of hydrogen-bond acceptors (Lipinski definition) is 0. The van der Waals surface area contributed by atoms with Gasteiger partial charge in [0.25, 0.3) is 0 Å². The maximum Gasteiger partial charge on any atom is -0.000740 e. The Balaban J connectivity index is 0.000000101. The summed E-state index contributed by atoms with van der Waals surface area (Å²) in [4.78, 5) is 0. The molecular weight excluding hydrogens is 1680 g/mol. The van der Waals surface area contributed by atoms with E-state index in [4.69, 9.17) is 0 Å². The highest BCUT2D eigenvalue weighted by Gasteiger charge is 2.38. The Morgan fingerprint density at radius 1 is 0.114 bits per heavy atom. The van der Waals surface area contributed by atoms with Crippen LogP contribution < -0.4 is 0 Å². The molecule has 0 aliphatic heterocycles. The second-order valence-corrected chi connectivity index (χ2v) is 41.2. The molecule has 0 spiro atoms. The molecule has 0 atom stereocenters. The fourth-order valence-electron chi connectivity index (χ4n) is 25.8. The maximum atomic E-state index is 2.50. The number of rotatable bonds is 7. The molecule has 0 saturated heterocycles. The number of hydrogen-bond donors (Lipinski definition) is 0. The van der Waals surface area contributed by atoms with Crippen LogP contribution in [0.3, 0.4) is 0 Å². The van der Waals surface area contributed by atoms with Gasteiger partial charge in [-0.05, 0) is 340 Å². The molecule has 0 amide bonds. The van der Waals surface area contributed by atoms with Crippen LogP contribution in [0.15, 0.2) is 449 Å². The fraction of sp³-hybridized carbons (Fsp3) is 0.0571. The Bertz CT molecular complexity index is 9620. The first-order valence-corrected chi connectivity index (χ1v) is 49.5. The lowest BCUT2D eigenvalue weighted by atomic mass is 9.79. The van der Waals surface area contributed by atoms with E-state index in [-0.39, 0.29) is 10.8 Å². The van der Waals surface area contributed by atoms with Crippen molar-refractivity contribution < 1.29 is 0 Å². The van der Waals surface area contributed by atoms with Gasteiger partial charge in [0, 0.05) is 0 Å². The van der Waals surface area contributed by atoms with E-state index in [0.717, 1.165) is 0 Å². The van der Waals surface area contributed by atoms with Gasteiger partial charge in [-0.1, -0.05) is 478 Å². The van der Waals surface area contributed by atoms with Crippen molar-refractivity contribution in [1.29, 1.82) is 0 Å². The SMILES string of the molecule is CC(C)(C)c1cc2cc(C(C)(C)C)cc3c4ccc5c6c(ccc(c(c1)c23)c64)-c1c-5c(-c2ccccc2)c2ccccc2c1-c1ccccc1.c1ccc(-c2c3c(c(-c4ccccc4)c4ccccc24)-c2ccc4c5ccc(-c6ccccc6)c6cccc(c7ccc-3c2c74)c65)cc1.c1ccc(-c2c3c(c(-c4ccccc4)c4ccccc24)-c2ccc4c5cccc6cccc(c7ccc-3c2c74)c65)cc1. The van der Waals surface area contributed by atoms with Gasteiger partial charge in [0.2, 0.25) is 0 Å². The van der Waals surface area contributed by atoms with Crippen molar-refractivity contribution in [2.75, 3.05) is 0 Å². The van der Waals surface area contributed by atoms with Gasteiger partial charge in [-0.3, -0.25) is 0 Å². The molecule has 28 aromatic rings. The molecule has 140 heavy (non-hydrogen) atoms. The van der Waals surface area contributed by atoms with Gasteiger partial charge < -0.3 is 0 Å². The third-order valence-corrected chi connectivity index (χ3v) is 31.7. The molecule has 0 heteroatoms. The lowest BCUT2D eigenvalue weighted by Gasteiger charge is -2.25. The minimum atomic E-state index is 0.0310. The van der Waals surface area contributed by atoms with Crippen molar-refractivity contribution in [3.05, 3.63) is 460 Å². The Morgan fingerprint density at radius 2 is 0.314 bits per heavy atom. The molecule has 0 saturated carbocycles. The Hall–Kier alpha value is -17.2. The van der Waals surface area contributed by atoms with Crippen molar-refractivity contribution in [2.24, 2.45) is 0 Å². The van der Waals surface area contributed by atoms with Crippen molar-refractivity contribution in [3.63, 3.8) is 0 Å². The largest absolute Gasteiger partial charge is 0.0622 e. The second kappa shape index (κ2) is 30.2. The van der Waals surface area contributed by atoms with Crippen molar-refractivity contribution in [3.8, 4) is 145 Å². The minimum Gasteiger partial charge on any atom is -0.0622 e. The van der Waals surface area contributed by atoms with E-state index in [1.807, 2.05) is 0 Å². The van der Waals surface area contributed by atoms with E-state index in [1.54, 1.807) is 0 Å². The molecule has 0 fully saturated rings. The van der Waals surface area contributed by atoms with Gasteiger partial charge in [-0.25, -0.2) is 0 Å². The minimum absolute atomic E-state index is 0.0310. The van der Waals surface area contributed by atoms with Crippen molar-refractivity contribution in [2.45, 2.75) is 52.4 Å². The molecule has 3 aliphatic carbocycles.